The van der Waals surface area contributed by atoms with Gasteiger partial charge in [0.05, 0.1) is 0 Å². The number of amides is 1. The normalized spacial score (nSPS) is 10.9. The van der Waals surface area contributed by atoms with Crippen LogP contribution in [0.3, 0.4) is 0 Å². The molecule has 0 aliphatic carbocycles. The highest BCUT2D eigenvalue weighted by Gasteiger charge is 2.04. The quantitative estimate of drug-likeness (QED) is 0.504. The van der Waals surface area contributed by atoms with E-state index >= 15 is 0 Å². The van der Waals surface area contributed by atoms with Crippen LogP contribution in [-0.2, 0) is 4.79 Å². The zero-order valence-electron chi connectivity index (χ0n) is 12.5. The smallest absolute Gasteiger partial charge is 0.244 e. The molecule has 3 nitrogen and oxygen atoms in total. The molecular formula is C16H23NO2S2. The number of thiophene rings is 1. The minimum Gasteiger partial charge on any atom is -0.353 e. The van der Waals surface area contributed by atoms with Crippen molar-refractivity contribution in [2.75, 3.05) is 6.54 Å². The third-order valence-electron chi connectivity index (χ3n) is 2.98. The zero-order chi connectivity index (χ0) is 15.3. The van der Waals surface area contributed by atoms with E-state index in [2.05, 4.69) is 12.2 Å². The van der Waals surface area contributed by atoms with Crippen LogP contribution in [0.5, 0.6) is 0 Å². The first-order chi connectivity index (χ1) is 10.2. The number of hydrogen-bond donors (Lipinski definition) is 1. The second-order valence-electron chi connectivity index (χ2n) is 4.78. The van der Waals surface area contributed by atoms with E-state index in [1.54, 1.807) is 11.5 Å². The second-order valence-corrected chi connectivity index (χ2v) is 6.44. The molecule has 1 heterocycles. The Morgan fingerprint density at radius 2 is 2.00 bits per heavy atom. The maximum absolute atomic E-state index is 11.7. The lowest BCUT2D eigenvalue weighted by Crippen LogP contribution is -2.21. The average Bonchev–Trinajstić information content (AvgIpc) is 3.00. The Hall–Kier alpha value is -1.07. The molecule has 5 heteroatoms. The van der Waals surface area contributed by atoms with E-state index < -0.39 is 0 Å². The van der Waals surface area contributed by atoms with Gasteiger partial charge in [-0.3, -0.25) is 9.59 Å². The fraction of sp³-hybridized carbons (Fsp3) is 0.500. The summed E-state index contributed by atoms with van der Waals surface area (Å²) in [6.45, 7) is 2.91. The van der Waals surface area contributed by atoms with Crippen LogP contribution in [0.1, 0.15) is 55.8 Å². The van der Waals surface area contributed by atoms with Gasteiger partial charge in [-0.05, 0) is 23.3 Å². The number of rotatable bonds is 10. The van der Waals surface area contributed by atoms with Crippen LogP contribution < -0.4 is 5.32 Å². The van der Waals surface area contributed by atoms with Crippen molar-refractivity contribution in [1.29, 1.82) is 0 Å². The Bertz CT molecular complexity index is 441. The minimum atomic E-state index is -0.130. The Balaban J connectivity index is 2.05. The van der Waals surface area contributed by atoms with Crippen molar-refractivity contribution in [3.63, 3.8) is 0 Å². The molecule has 1 N–H and O–H groups in total. The molecule has 0 atom stereocenters. The molecule has 0 aliphatic heterocycles. The molecule has 1 amide bonds. The number of hydrogen-bond acceptors (Lipinski definition) is 4. The maximum Gasteiger partial charge on any atom is 0.244 e. The van der Waals surface area contributed by atoms with E-state index in [1.807, 2.05) is 10.8 Å². The first kappa shape index (κ1) is 18.0. The molecule has 0 bridgehead atoms. The molecule has 1 aromatic heterocycles. The van der Waals surface area contributed by atoms with E-state index in [0.717, 1.165) is 24.6 Å². The monoisotopic (exact) mass is 325 g/mol. The molecule has 1 aromatic rings. The predicted molar refractivity (Wildman–Crippen MR) is 91.8 cm³/mol. The highest BCUT2D eigenvalue weighted by atomic mass is 32.2. The molecule has 0 unspecified atom stereocenters. The molecule has 0 saturated heterocycles. The van der Waals surface area contributed by atoms with Crippen molar-refractivity contribution in [2.45, 2.75) is 45.4 Å². The van der Waals surface area contributed by atoms with Gasteiger partial charge in [-0.2, -0.15) is 11.3 Å². The summed E-state index contributed by atoms with van der Waals surface area (Å²) in [5.41, 5.74) is 0.683. The van der Waals surface area contributed by atoms with Gasteiger partial charge in [-0.15, -0.1) is 0 Å². The van der Waals surface area contributed by atoms with Crippen LogP contribution in [0, 0.1) is 0 Å². The maximum atomic E-state index is 11.7. The highest BCUT2D eigenvalue weighted by Crippen LogP contribution is 2.15. The molecule has 0 fully saturated rings. The minimum absolute atomic E-state index is 0.0313. The lowest BCUT2D eigenvalue weighted by atomic mass is 10.1. The van der Waals surface area contributed by atoms with Crippen molar-refractivity contribution >= 4 is 34.1 Å². The van der Waals surface area contributed by atoms with Gasteiger partial charge in [0, 0.05) is 23.6 Å². The molecule has 1 rings (SSSR count). The van der Waals surface area contributed by atoms with Gasteiger partial charge in [0.15, 0.2) is 0 Å². The van der Waals surface area contributed by atoms with Gasteiger partial charge in [0.25, 0.3) is 0 Å². The second kappa shape index (κ2) is 11.6. The summed E-state index contributed by atoms with van der Waals surface area (Å²) < 4.78 is 0. The standard InChI is InChI=1S/C16H23NO2S2/c1-2-3-4-5-6-7-10-17-15(18)9-12-21-16(19)14-8-11-20-13-14/h8-9,11-13H,2-7,10H2,1H3,(H,17,18). The summed E-state index contributed by atoms with van der Waals surface area (Å²) >= 11 is 2.53. The van der Waals surface area contributed by atoms with Crippen molar-refractivity contribution in [1.82, 2.24) is 5.32 Å². The molecule has 0 aromatic carbocycles. The largest absolute Gasteiger partial charge is 0.353 e. The number of carbonyl (C=O) groups is 2. The van der Waals surface area contributed by atoms with Crippen molar-refractivity contribution in [3.8, 4) is 0 Å². The molecule has 0 radical (unpaired) electrons. The summed E-state index contributed by atoms with van der Waals surface area (Å²) in [5, 5.41) is 8.03. The summed E-state index contributed by atoms with van der Waals surface area (Å²) in [4.78, 5) is 23.2. The fourth-order valence-corrected chi connectivity index (χ4v) is 3.07. The van der Waals surface area contributed by atoms with Crippen molar-refractivity contribution in [3.05, 3.63) is 33.9 Å². The van der Waals surface area contributed by atoms with E-state index in [0.29, 0.717) is 12.1 Å². The first-order valence-electron chi connectivity index (χ1n) is 7.41. The third kappa shape index (κ3) is 8.73. The Morgan fingerprint density at radius 3 is 2.71 bits per heavy atom. The zero-order valence-corrected chi connectivity index (χ0v) is 14.1. The molecule has 21 heavy (non-hydrogen) atoms. The third-order valence-corrected chi connectivity index (χ3v) is 4.39. The lowest BCUT2D eigenvalue weighted by Gasteiger charge is -2.02. The summed E-state index contributed by atoms with van der Waals surface area (Å²) in [5.74, 6) is -0.130. The number of unbranched alkanes of at least 4 members (excludes halogenated alkanes) is 5. The predicted octanol–water partition coefficient (Wildman–Crippen LogP) is 4.61. The van der Waals surface area contributed by atoms with Gasteiger partial charge < -0.3 is 5.32 Å². The van der Waals surface area contributed by atoms with E-state index in [-0.39, 0.29) is 11.0 Å². The van der Waals surface area contributed by atoms with Crippen LogP contribution in [0.2, 0.25) is 0 Å². The Kier molecular flexibility index (Phi) is 9.91. The van der Waals surface area contributed by atoms with Gasteiger partial charge in [-0.25, -0.2) is 0 Å². The summed E-state index contributed by atoms with van der Waals surface area (Å²) in [7, 11) is 0. The van der Waals surface area contributed by atoms with Crippen LogP contribution in [0.4, 0.5) is 0 Å². The molecule has 116 valence electrons. The molecule has 0 aliphatic rings. The van der Waals surface area contributed by atoms with Gasteiger partial charge in [0.1, 0.15) is 0 Å². The van der Waals surface area contributed by atoms with Crippen LogP contribution in [-0.4, -0.2) is 17.6 Å². The van der Waals surface area contributed by atoms with Gasteiger partial charge >= 0.3 is 0 Å². The van der Waals surface area contributed by atoms with E-state index in [9.17, 15) is 9.59 Å². The molecule has 0 spiro atoms. The van der Waals surface area contributed by atoms with Gasteiger partial charge in [-0.1, -0.05) is 50.8 Å². The average molecular weight is 325 g/mol. The fourth-order valence-electron chi connectivity index (χ4n) is 1.78. The van der Waals surface area contributed by atoms with Crippen LogP contribution >= 0.6 is 23.1 Å². The Morgan fingerprint density at radius 1 is 1.24 bits per heavy atom. The van der Waals surface area contributed by atoms with Crippen molar-refractivity contribution < 1.29 is 9.59 Å². The van der Waals surface area contributed by atoms with Crippen molar-refractivity contribution in [2.24, 2.45) is 0 Å². The van der Waals surface area contributed by atoms with Crippen LogP contribution in [0.25, 0.3) is 0 Å². The van der Waals surface area contributed by atoms with Crippen LogP contribution in [0.15, 0.2) is 28.3 Å². The van der Waals surface area contributed by atoms with E-state index in [1.165, 1.54) is 43.1 Å². The van der Waals surface area contributed by atoms with E-state index in [4.69, 9.17) is 0 Å². The molecule has 0 saturated carbocycles. The lowest BCUT2D eigenvalue weighted by molar-refractivity contribution is -0.116. The number of carbonyl (C=O) groups excluding carboxylic acids is 2. The summed E-state index contributed by atoms with van der Waals surface area (Å²) in [6.07, 6.45) is 8.68. The van der Waals surface area contributed by atoms with Gasteiger partial charge in [0.2, 0.25) is 11.0 Å². The highest BCUT2D eigenvalue weighted by molar-refractivity contribution is 8.16. The number of thioether (sulfide) groups is 1. The topological polar surface area (TPSA) is 46.2 Å². The SMILES string of the molecule is CCCCCCCCNC(=O)C=CSC(=O)c1ccsc1. The number of nitrogens with one attached hydrogen (secondary N) is 1. The first-order valence-corrected chi connectivity index (χ1v) is 9.24. The Labute approximate surface area is 135 Å². The summed E-state index contributed by atoms with van der Waals surface area (Å²) in [6, 6.07) is 1.78. The molecular weight excluding hydrogens is 302 g/mol.